The third-order valence-corrected chi connectivity index (χ3v) is 4.83. The molecule has 0 radical (unpaired) electrons. The Hall–Kier alpha value is -0.190. The average molecular weight is 302 g/mol. The number of hydrogen-bond acceptors (Lipinski definition) is 3. The quantitative estimate of drug-likeness (QED) is 0.909. The highest BCUT2D eigenvalue weighted by molar-refractivity contribution is 9.10. The molecule has 0 bridgehead atoms. The van der Waals surface area contributed by atoms with Gasteiger partial charge in [0.1, 0.15) is 0 Å². The molecular weight excluding hydrogens is 286 g/mol. The molecule has 1 atom stereocenters. The molecular formula is C12H16BrNOS. The number of rotatable bonds is 2. The second-order valence-corrected chi connectivity index (χ2v) is 6.06. The molecule has 0 spiro atoms. The van der Waals surface area contributed by atoms with E-state index < -0.39 is 0 Å². The minimum Gasteiger partial charge on any atom is -0.392 e. The number of anilines is 1. The molecule has 1 aromatic rings. The van der Waals surface area contributed by atoms with E-state index in [1.807, 2.05) is 17.8 Å². The van der Waals surface area contributed by atoms with Crippen molar-refractivity contribution >= 4 is 33.4 Å². The first-order valence-corrected chi connectivity index (χ1v) is 7.41. The van der Waals surface area contributed by atoms with Crippen LogP contribution in [0.15, 0.2) is 22.7 Å². The Morgan fingerprint density at radius 2 is 2.38 bits per heavy atom. The third-order valence-electron chi connectivity index (χ3n) is 2.91. The van der Waals surface area contributed by atoms with Crippen LogP contribution in [0.1, 0.15) is 12.5 Å². The lowest BCUT2D eigenvalue weighted by Crippen LogP contribution is -2.40. The highest BCUT2D eigenvalue weighted by Gasteiger charge is 2.19. The van der Waals surface area contributed by atoms with Gasteiger partial charge in [0.15, 0.2) is 0 Å². The largest absolute Gasteiger partial charge is 0.392 e. The maximum atomic E-state index is 9.12. The zero-order chi connectivity index (χ0) is 11.5. The summed E-state index contributed by atoms with van der Waals surface area (Å²) >= 11 is 5.52. The summed E-state index contributed by atoms with van der Waals surface area (Å²) in [6.45, 7) is 3.46. The minimum atomic E-state index is 0.0896. The van der Waals surface area contributed by atoms with Gasteiger partial charge in [-0.3, -0.25) is 0 Å². The summed E-state index contributed by atoms with van der Waals surface area (Å²) in [6.07, 6.45) is 0. The number of benzene rings is 1. The van der Waals surface area contributed by atoms with Gasteiger partial charge in [-0.2, -0.15) is 11.8 Å². The maximum Gasteiger partial charge on any atom is 0.0692 e. The first-order valence-electron chi connectivity index (χ1n) is 5.46. The molecule has 4 heteroatoms. The van der Waals surface area contributed by atoms with Crippen LogP contribution >= 0.6 is 27.7 Å². The molecule has 0 aromatic heterocycles. The van der Waals surface area contributed by atoms with Gasteiger partial charge >= 0.3 is 0 Å². The highest BCUT2D eigenvalue weighted by atomic mass is 79.9. The Balaban J connectivity index is 2.22. The van der Waals surface area contributed by atoms with Crippen LogP contribution in [0.25, 0.3) is 0 Å². The second kappa shape index (κ2) is 5.43. The van der Waals surface area contributed by atoms with Gasteiger partial charge in [-0.1, -0.05) is 22.0 Å². The van der Waals surface area contributed by atoms with E-state index >= 15 is 0 Å². The van der Waals surface area contributed by atoms with Crippen molar-refractivity contribution in [3.63, 3.8) is 0 Å². The Bertz CT molecular complexity index is 372. The Kier molecular flexibility index (Phi) is 4.16. The van der Waals surface area contributed by atoms with Crippen molar-refractivity contribution in [3.8, 4) is 0 Å². The first kappa shape index (κ1) is 12.3. The smallest absolute Gasteiger partial charge is 0.0692 e. The second-order valence-electron chi connectivity index (χ2n) is 4.05. The van der Waals surface area contributed by atoms with Crippen molar-refractivity contribution in [2.45, 2.75) is 19.6 Å². The highest BCUT2D eigenvalue weighted by Crippen LogP contribution is 2.28. The molecule has 2 rings (SSSR count). The standard InChI is InChI=1S/C12H16BrNOS/c1-9-8-16-5-4-14(9)11-3-2-10(7-15)12(13)6-11/h2-3,6,9,15H,4-5,7-8H2,1H3. The molecule has 1 saturated heterocycles. The molecule has 1 aromatic carbocycles. The molecule has 1 aliphatic heterocycles. The monoisotopic (exact) mass is 301 g/mol. The molecule has 1 aliphatic rings. The normalized spacial score (nSPS) is 21.2. The third kappa shape index (κ3) is 2.55. The number of thioether (sulfide) groups is 1. The van der Waals surface area contributed by atoms with Crippen molar-refractivity contribution in [2.75, 3.05) is 23.0 Å². The fourth-order valence-electron chi connectivity index (χ4n) is 1.95. The lowest BCUT2D eigenvalue weighted by Gasteiger charge is -2.35. The van der Waals surface area contributed by atoms with Gasteiger partial charge in [0.2, 0.25) is 0 Å². The van der Waals surface area contributed by atoms with E-state index in [1.54, 1.807) is 0 Å². The molecule has 1 fully saturated rings. The number of halogens is 1. The van der Waals surface area contributed by atoms with Crippen LogP contribution in [0.3, 0.4) is 0 Å². The molecule has 0 aliphatic carbocycles. The van der Waals surface area contributed by atoms with Crippen molar-refractivity contribution < 1.29 is 5.11 Å². The van der Waals surface area contributed by atoms with E-state index in [0.29, 0.717) is 6.04 Å². The van der Waals surface area contributed by atoms with Crippen LogP contribution < -0.4 is 4.90 Å². The molecule has 16 heavy (non-hydrogen) atoms. The zero-order valence-electron chi connectivity index (χ0n) is 9.32. The predicted octanol–water partition coefficient (Wildman–Crippen LogP) is 2.88. The maximum absolute atomic E-state index is 9.12. The van der Waals surface area contributed by atoms with E-state index in [9.17, 15) is 0 Å². The summed E-state index contributed by atoms with van der Waals surface area (Å²) < 4.78 is 0.998. The van der Waals surface area contributed by atoms with Crippen LogP contribution in [-0.4, -0.2) is 29.2 Å². The fourth-order valence-corrected chi connectivity index (χ4v) is 3.46. The summed E-state index contributed by atoms with van der Waals surface area (Å²) in [5, 5.41) is 9.12. The average Bonchev–Trinajstić information content (AvgIpc) is 2.29. The molecule has 2 nitrogen and oxygen atoms in total. The lowest BCUT2D eigenvalue weighted by atomic mass is 10.2. The van der Waals surface area contributed by atoms with Gasteiger partial charge in [0, 0.05) is 34.3 Å². The van der Waals surface area contributed by atoms with E-state index in [-0.39, 0.29) is 6.61 Å². The number of aliphatic hydroxyl groups is 1. The van der Waals surface area contributed by atoms with Gasteiger partial charge in [0.05, 0.1) is 6.61 Å². The number of aliphatic hydroxyl groups excluding tert-OH is 1. The molecule has 0 amide bonds. The number of nitrogens with zero attached hydrogens (tertiary/aromatic N) is 1. The molecule has 0 saturated carbocycles. The van der Waals surface area contributed by atoms with Crippen LogP contribution in [0.5, 0.6) is 0 Å². The minimum absolute atomic E-state index is 0.0896. The van der Waals surface area contributed by atoms with Gasteiger partial charge in [-0.15, -0.1) is 0 Å². The van der Waals surface area contributed by atoms with Crippen molar-refractivity contribution in [1.29, 1.82) is 0 Å². The van der Waals surface area contributed by atoms with Gasteiger partial charge in [-0.05, 0) is 24.6 Å². The van der Waals surface area contributed by atoms with E-state index in [0.717, 1.165) is 16.6 Å². The summed E-state index contributed by atoms with van der Waals surface area (Å²) in [4.78, 5) is 2.43. The predicted molar refractivity (Wildman–Crippen MR) is 74.2 cm³/mol. The summed E-state index contributed by atoms with van der Waals surface area (Å²) in [6, 6.07) is 6.79. The topological polar surface area (TPSA) is 23.5 Å². The van der Waals surface area contributed by atoms with E-state index in [1.165, 1.54) is 17.2 Å². The Morgan fingerprint density at radius 3 is 3.00 bits per heavy atom. The van der Waals surface area contributed by atoms with Crippen molar-refractivity contribution in [1.82, 2.24) is 0 Å². The first-order chi connectivity index (χ1) is 7.72. The van der Waals surface area contributed by atoms with Crippen molar-refractivity contribution in [2.24, 2.45) is 0 Å². The molecule has 1 heterocycles. The van der Waals surface area contributed by atoms with Crippen LogP contribution in [0, 0.1) is 0 Å². The SMILES string of the molecule is CC1CSCCN1c1ccc(CO)c(Br)c1. The fraction of sp³-hybridized carbons (Fsp3) is 0.500. The van der Waals surface area contributed by atoms with Gasteiger partial charge in [-0.25, -0.2) is 0 Å². The Morgan fingerprint density at radius 1 is 1.56 bits per heavy atom. The lowest BCUT2D eigenvalue weighted by molar-refractivity contribution is 0.281. The van der Waals surface area contributed by atoms with Crippen LogP contribution in [0.2, 0.25) is 0 Å². The molecule has 1 unspecified atom stereocenters. The molecule has 1 N–H and O–H groups in total. The van der Waals surface area contributed by atoms with Gasteiger partial charge in [0.25, 0.3) is 0 Å². The van der Waals surface area contributed by atoms with Gasteiger partial charge < -0.3 is 10.0 Å². The summed E-state index contributed by atoms with van der Waals surface area (Å²) in [5.41, 5.74) is 2.19. The Labute approximate surface area is 109 Å². The molecule has 88 valence electrons. The number of hydrogen-bond donors (Lipinski definition) is 1. The van der Waals surface area contributed by atoms with Crippen LogP contribution in [-0.2, 0) is 6.61 Å². The summed E-state index contributed by atoms with van der Waals surface area (Å²) in [7, 11) is 0. The zero-order valence-corrected chi connectivity index (χ0v) is 11.7. The van der Waals surface area contributed by atoms with Crippen LogP contribution in [0.4, 0.5) is 5.69 Å². The van der Waals surface area contributed by atoms with E-state index in [4.69, 9.17) is 5.11 Å². The van der Waals surface area contributed by atoms with Crippen molar-refractivity contribution in [3.05, 3.63) is 28.2 Å². The summed E-state index contributed by atoms with van der Waals surface area (Å²) in [5.74, 6) is 2.39. The van der Waals surface area contributed by atoms with E-state index in [2.05, 4.69) is 39.9 Å².